The average molecular weight is 363 g/mol. The van der Waals surface area contributed by atoms with E-state index in [4.69, 9.17) is 16.0 Å². The molecule has 5 heteroatoms. The SMILES string of the molecule is O=C(c1cc2cc3ccc(Cl)cc3nc2o1)N1CCCc2ccccc21. The average Bonchev–Trinajstić information content (AvgIpc) is 3.08. The Morgan fingerprint density at radius 3 is 2.88 bits per heavy atom. The summed E-state index contributed by atoms with van der Waals surface area (Å²) in [6.07, 6.45) is 1.94. The van der Waals surface area contributed by atoms with Crippen molar-refractivity contribution in [3.8, 4) is 0 Å². The summed E-state index contributed by atoms with van der Waals surface area (Å²) in [4.78, 5) is 19.4. The van der Waals surface area contributed by atoms with Crippen molar-refractivity contribution in [3.63, 3.8) is 0 Å². The van der Waals surface area contributed by atoms with Gasteiger partial charge < -0.3 is 9.32 Å². The van der Waals surface area contributed by atoms with Crippen molar-refractivity contribution in [2.75, 3.05) is 11.4 Å². The Kier molecular flexibility index (Phi) is 3.47. The number of pyridine rings is 1. The first kappa shape index (κ1) is 15.4. The van der Waals surface area contributed by atoms with Gasteiger partial charge in [-0.15, -0.1) is 0 Å². The molecule has 0 spiro atoms. The van der Waals surface area contributed by atoms with Gasteiger partial charge in [-0.05, 0) is 48.7 Å². The van der Waals surface area contributed by atoms with Gasteiger partial charge in [-0.3, -0.25) is 4.79 Å². The molecular weight excluding hydrogens is 348 g/mol. The van der Waals surface area contributed by atoms with Crippen molar-refractivity contribution >= 4 is 45.2 Å². The van der Waals surface area contributed by atoms with Crippen LogP contribution in [0.1, 0.15) is 22.5 Å². The standard InChI is InChI=1S/C21H15ClN2O2/c22-16-8-7-14-10-15-11-19(26-20(15)23-17(14)12-16)21(25)24-9-3-5-13-4-1-2-6-18(13)24/h1-2,4,6-8,10-12H,3,5,9H2. The number of anilines is 1. The highest BCUT2D eigenvalue weighted by Crippen LogP contribution is 2.30. The van der Waals surface area contributed by atoms with E-state index in [1.165, 1.54) is 5.56 Å². The van der Waals surface area contributed by atoms with Crippen LogP contribution < -0.4 is 4.90 Å². The zero-order valence-corrected chi connectivity index (χ0v) is 14.7. The van der Waals surface area contributed by atoms with Crippen LogP contribution in [-0.2, 0) is 6.42 Å². The Morgan fingerprint density at radius 2 is 1.96 bits per heavy atom. The molecule has 1 aliphatic heterocycles. The van der Waals surface area contributed by atoms with Crippen molar-refractivity contribution in [2.24, 2.45) is 0 Å². The third kappa shape index (κ3) is 2.45. The third-order valence-corrected chi connectivity index (χ3v) is 5.07. The van der Waals surface area contributed by atoms with Crippen LogP contribution in [0.4, 0.5) is 5.69 Å². The number of para-hydroxylation sites is 1. The number of amides is 1. The van der Waals surface area contributed by atoms with E-state index in [-0.39, 0.29) is 5.91 Å². The maximum atomic E-state index is 13.1. The van der Waals surface area contributed by atoms with E-state index in [9.17, 15) is 4.79 Å². The summed E-state index contributed by atoms with van der Waals surface area (Å²) >= 11 is 6.04. The van der Waals surface area contributed by atoms with Gasteiger partial charge in [0.25, 0.3) is 5.91 Å². The molecule has 4 aromatic rings. The molecule has 1 amide bonds. The van der Waals surface area contributed by atoms with Crippen LogP contribution >= 0.6 is 11.6 Å². The Bertz CT molecular complexity index is 1170. The number of halogens is 1. The first-order chi connectivity index (χ1) is 12.7. The van der Waals surface area contributed by atoms with Crippen LogP contribution in [0, 0.1) is 0 Å². The summed E-state index contributed by atoms with van der Waals surface area (Å²) in [7, 11) is 0. The highest BCUT2D eigenvalue weighted by Gasteiger charge is 2.26. The predicted octanol–water partition coefficient (Wildman–Crippen LogP) is 5.23. The van der Waals surface area contributed by atoms with Crippen LogP contribution in [0.25, 0.3) is 22.0 Å². The van der Waals surface area contributed by atoms with E-state index in [1.54, 1.807) is 17.0 Å². The van der Waals surface area contributed by atoms with Gasteiger partial charge in [0.15, 0.2) is 5.76 Å². The summed E-state index contributed by atoms with van der Waals surface area (Å²) in [5, 5.41) is 2.40. The second-order valence-electron chi connectivity index (χ2n) is 6.52. The molecule has 0 radical (unpaired) electrons. The molecule has 0 fully saturated rings. The number of furan rings is 1. The topological polar surface area (TPSA) is 46.3 Å². The van der Waals surface area contributed by atoms with E-state index in [1.807, 2.05) is 36.4 Å². The summed E-state index contributed by atoms with van der Waals surface area (Å²) in [5.41, 5.74) is 3.37. The quantitative estimate of drug-likeness (QED) is 0.466. The van der Waals surface area contributed by atoms with Gasteiger partial charge in [0.1, 0.15) is 0 Å². The molecule has 2 aromatic carbocycles. The maximum Gasteiger partial charge on any atom is 0.294 e. The first-order valence-corrected chi connectivity index (χ1v) is 8.96. The van der Waals surface area contributed by atoms with Crippen molar-refractivity contribution in [1.29, 1.82) is 0 Å². The molecule has 0 saturated heterocycles. The number of benzene rings is 2. The molecule has 0 atom stereocenters. The fraction of sp³-hybridized carbons (Fsp3) is 0.143. The van der Waals surface area contributed by atoms with E-state index in [0.29, 0.717) is 23.0 Å². The second-order valence-corrected chi connectivity index (χ2v) is 6.96. The number of aromatic nitrogens is 1. The van der Waals surface area contributed by atoms with Gasteiger partial charge in [-0.1, -0.05) is 35.9 Å². The molecule has 0 N–H and O–H groups in total. The number of carbonyl (C=O) groups is 1. The van der Waals surface area contributed by atoms with Crippen molar-refractivity contribution in [1.82, 2.24) is 4.98 Å². The number of fused-ring (bicyclic) bond motifs is 3. The first-order valence-electron chi connectivity index (χ1n) is 8.59. The molecule has 26 heavy (non-hydrogen) atoms. The number of nitrogens with zero attached hydrogens (tertiary/aromatic N) is 2. The monoisotopic (exact) mass is 362 g/mol. The normalized spacial score (nSPS) is 14.0. The molecule has 2 aromatic heterocycles. The Hall–Kier alpha value is -2.85. The lowest BCUT2D eigenvalue weighted by molar-refractivity contribution is 0.0960. The van der Waals surface area contributed by atoms with Crippen molar-refractivity contribution < 1.29 is 9.21 Å². The highest BCUT2D eigenvalue weighted by molar-refractivity contribution is 6.31. The van der Waals surface area contributed by atoms with Gasteiger partial charge in [-0.25, -0.2) is 4.98 Å². The minimum absolute atomic E-state index is 0.128. The van der Waals surface area contributed by atoms with Crippen molar-refractivity contribution in [3.05, 3.63) is 70.9 Å². The molecule has 3 heterocycles. The lowest BCUT2D eigenvalue weighted by Crippen LogP contribution is -2.35. The lowest BCUT2D eigenvalue weighted by atomic mass is 10.0. The molecule has 1 aliphatic rings. The molecule has 0 aliphatic carbocycles. The number of hydrogen-bond acceptors (Lipinski definition) is 3. The van der Waals surface area contributed by atoms with E-state index < -0.39 is 0 Å². The van der Waals surface area contributed by atoms with Crippen LogP contribution in [-0.4, -0.2) is 17.4 Å². The summed E-state index contributed by atoms with van der Waals surface area (Å²) in [5.74, 6) is 0.183. The van der Waals surface area contributed by atoms with Crippen LogP contribution in [0.3, 0.4) is 0 Å². The van der Waals surface area contributed by atoms with E-state index in [2.05, 4.69) is 11.1 Å². The van der Waals surface area contributed by atoms with Gasteiger partial charge in [0.05, 0.1) is 5.52 Å². The number of rotatable bonds is 1. The second kappa shape index (κ2) is 5.85. The molecular formula is C21H15ClN2O2. The summed E-state index contributed by atoms with van der Waals surface area (Å²) in [6.45, 7) is 0.692. The Morgan fingerprint density at radius 1 is 1.08 bits per heavy atom. The zero-order chi connectivity index (χ0) is 17.7. The lowest BCUT2D eigenvalue weighted by Gasteiger charge is -2.28. The maximum absolute atomic E-state index is 13.1. The summed E-state index contributed by atoms with van der Waals surface area (Å²) in [6, 6.07) is 17.3. The Labute approximate surface area is 155 Å². The molecule has 128 valence electrons. The molecule has 0 unspecified atom stereocenters. The minimum atomic E-state index is -0.128. The van der Waals surface area contributed by atoms with Crippen LogP contribution in [0.15, 0.2) is 59.0 Å². The molecule has 5 rings (SSSR count). The minimum Gasteiger partial charge on any atom is -0.433 e. The van der Waals surface area contributed by atoms with E-state index >= 15 is 0 Å². The van der Waals surface area contributed by atoms with Gasteiger partial charge in [0, 0.05) is 28.0 Å². The number of aryl methyl sites for hydroxylation is 1. The van der Waals surface area contributed by atoms with Gasteiger partial charge in [0.2, 0.25) is 5.71 Å². The van der Waals surface area contributed by atoms with Crippen LogP contribution in [0.5, 0.6) is 0 Å². The highest BCUT2D eigenvalue weighted by atomic mass is 35.5. The molecule has 4 nitrogen and oxygen atoms in total. The molecule has 0 bridgehead atoms. The zero-order valence-electron chi connectivity index (χ0n) is 13.9. The smallest absolute Gasteiger partial charge is 0.294 e. The third-order valence-electron chi connectivity index (χ3n) is 4.83. The fourth-order valence-electron chi connectivity index (χ4n) is 3.58. The van der Waals surface area contributed by atoms with Gasteiger partial charge in [-0.2, -0.15) is 0 Å². The largest absolute Gasteiger partial charge is 0.433 e. The number of carbonyl (C=O) groups excluding carboxylic acids is 1. The van der Waals surface area contributed by atoms with Gasteiger partial charge >= 0.3 is 0 Å². The fourth-order valence-corrected chi connectivity index (χ4v) is 3.75. The predicted molar refractivity (Wildman–Crippen MR) is 103 cm³/mol. The van der Waals surface area contributed by atoms with E-state index in [0.717, 1.165) is 34.8 Å². The molecule has 0 saturated carbocycles. The number of hydrogen-bond donors (Lipinski definition) is 0. The Balaban J connectivity index is 1.59. The van der Waals surface area contributed by atoms with Crippen molar-refractivity contribution in [2.45, 2.75) is 12.8 Å². The van der Waals surface area contributed by atoms with Crippen LogP contribution in [0.2, 0.25) is 5.02 Å². The summed E-state index contributed by atoms with van der Waals surface area (Å²) < 4.78 is 5.80.